The second kappa shape index (κ2) is 8.19. The molecule has 2 N–H and O–H groups in total. The van der Waals surface area contributed by atoms with Crippen molar-refractivity contribution in [1.82, 2.24) is 0 Å². The van der Waals surface area contributed by atoms with Crippen molar-refractivity contribution < 1.29 is 19.0 Å². The molecular formula is C22H18FNO3. The fourth-order valence-corrected chi connectivity index (χ4v) is 2.63. The van der Waals surface area contributed by atoms with Crippen molar-refractivity contribution in [2.75, 3.05) is 12.4 Å². The summed E-state index contributed by atoms with van der Waals surface area (Å²) in [7, 11) is 1.61. The molecule has 0 fully saturated rings. The number of para-hydroxylation sites is 1. The van der Waals surface area contributed by atoms with E-state index in [0.717, 1.165) is 16.9 Å². The molecule has 0 saturated heterocycles. The largest absolute Gasteiger partial charge is 0.496 e. The van der Waals surface area contributed by atoms with E-state index in [4.69, 9.17) is 4.74 Å². The van der Waals surface area contributed by atoms with Gasteiger partial charge in [-0.3, -0.25) is 0 Å². The molecule has 0 saturated carbocycles. The first-order valence-electron chi connectivity index (χ1n) is 8.28. The van der Waals surface area contributed by atoms with Gasteiger partial charge in [-0.05, 0) is 48.0 Å². The van der Waals surface area contributed by atoms with Crippen molar-refractivity contribution >= 4 is 29.5 Å². The lowest BCUT2D eigenvalue weighted by atomic mass is 10.1. The highest BCUT2D eigenvalue weighted by atomic mass is 19.1. The SMILES string of the molecule is COc1ccccc1/C=C/c1ccc(C(=O)O)c(Nc2ccc(F)cc2)c1. The lowest BCUT2D eigenvalue weighted by Gasteiger charge is -2.11. The molecule has 0 atom stereocenters. The molecule has 0 aliphatic rings. The molecule has 0 amide bonds. The zero-order valence-electron chi connectivity index (χ0n) is 14.6. The summed E-state index contributed by atoms with van der Waals surface area (Å²) in [5.74, 6) is -0.645. The van der Waals surface area contributed by atoms with Crippen molar-refractivity contribution in [3.63, 3.8) is 0 Å². The Bertz CT molecular complexity index is 981. The molecule has 3 rings (SSSR count). The number of carboxylic acids is 1. The summed E-state index contributed by atoms with van der Waals surface area (Å²) in [5.41, 5.74) is 2.89. The highest BCUT2D eigenvalue weighted by Crippen LogP contribution is 2.25. The number of ether oxygens (including phenoxy) is 1. The Morgan fingerprint density at radius 3 is 2.48 bits per heavy atom. The Morgan fingerprint density at radius 2 is 1.78 bits per heavy atom. The summed E-state index contributed by atoms with van der Waals surface area (Å²) in [6.45, 7) is 0. The first-order chi connectivity index (χ1) is 13.1. The van der Waals surface area contributed by atoms with E-state index in [1.165, 1.54) is 18.2 Å². The van der Waals surface area contributed by atoms with Crippen LogP contribution in [0.5, 0.6) is 5.75 Å². The number of benzene rings is 3. The van der Waals surface area contributed by atoms with Gasteiger partial charge in [0.25, 0.3) is 0 Å². The van der Waals surface area contributed by atoms with Gasteiger partial charge in [0.2, 0.25) is 0 Å². The summed E-state index contributed by atoms with van der Waals surface area (Å²) >= 11 is 0. The van der Waals surface area contributed by atoms with Crippen molar-refractivity contribution in [3.05, 3.63) is 89.2 Å². The van der Waals surface area contributed by atoms with Crippen LogP contribution in [0.4, 0.5) is 15.8 Å². The van der Waals surface area contributed by atoms with Crippen LogP contribution in [0.1, 0.15) is 21.5 Å². The van der Waals surface area contributed by atoms with Crippen molar-refractivity contribution in [3.8, 4) is 5.75 Å². The smallest absolute Gasteiger partial charge is 0.337 e. The van der Waals surface area contributed by atoms with Gasteiger partial charge in [-0.15, -0.1) is 0 Å². The maximum absolute atomic E-state index is 13.1. The number of aromatic carboxylic acids is 1. The van der Waals surface area contributed by atoms with E-state index in [2.05, 4.69) is 5.32 Å². The second-order valence-electron chi connectivity index (χ2n) is 5.82. The molecule has 0 spiro atoms. The van der Waals surface area contributed by atoms with Crippen molar-refractivity contribution in [1.29, 1.82) is 0 Å². The number of hydrogen-bond acceptors (Lipinski definition) is 3. The second-order valence-corrected chi connectivity index (χ2v) is 5.82. The van der Waals surface area contributed by atoms with Gasteiger partial charge in [-0.2, -0.15) is 0 Å². The van der Waals surface area contributed by atoms with Gasteiger partial charge in [-0.25, -0.2) is 9.18 Å². The minimum atomic E-state index is -1.04. The van der Waals surface area contributed by atoms with Crippen molar-refractivity contribution in [2.45, 2.75) is 0 Å². The predicted molar refractivity (Wildman–Crippen MR) is 105 cm³/mol. The Morgan fingerprint density at radius 1 is 1.04 bits per heavy atom. The number of halogens is 1. The van der Waals surface area contributed by atoms with Gasteiger partial charge in [0.1, 0.15) is 11.6 Å². The molecular weight excluding hydrogens is 345 g/mol. The first kappa shape index (κ1) is 18.2. The van der Waals surface area contributed by atoms with E-state index in [0.29, 0.717) is 11.4 Å². The van der Waals surface area contributed by atoms with E-state index in [9.17, 15) is 14.3 Å². The lowest BCUT2D eigenvalue weighted by Crippen LogP contribution is -2.03. The molecule has 0 aliphatic heterocycles. The highest BCUT2D eigenvalue weighted by molar-refractivity contribution is 5.96. The number of carboxylic acid groups (broad SMARTS) is 1. The van der Waals surface area contributed by atoms with Gasteiger partial charge in [0.15, 0.2) is 0 Å². The third-order valence-corrected chi connectivity index (χ3v) is 3.99. The fourth-order valence-electron chi connectivity index (χ4n) is 2.63. The summed E-state index contributed by atoms with van der Waals surface area (Å²) in [5, 5.41) is 12.5. The number of rotatable bonds is 6. The molecule has 5 heteroatoms. The molecule has 3 aromatic carbocycles. The molecule has 0 unspecified atom stereocenters. The quantitative estimate of drug-likeness (QED) is 0.572. The monoisotopic (exact) mass is 363 g/mol. The van der Waals surface area contributed by atoms with Crippen LogP contribution in [0, 0.1) is 5.82 Å². The molecule has 0 radical (unpaired) electrons. The summed E-state index contributed by atoms with van der Waals surface area (Å²) in [4.78, 5) is 11.5. The molecule has 136 valence electrons. The predicted octanol–water partition coefficient (Wildman–Crippen LogP) is 5.45. The van der Waals surface area contributed by atoms with E-state index in [1.807, 2.05) is 36.4 Å². The Balaban J connectivity index is 1.92. The van der Waals surface area contributed by atoms with Gasteiger partial charge < -0.3 is 15.2 Å². The maximum atomic E-state index is 13.1. The zero-order chi connectivity index (χ0) is 19.2. The topological polar surface area (TPSA) is 58.6 Å². The van der Waals surface area contributed by atoms with E-state index >= 15 is 0 Å². The van der Waals surface area contributed by atoms with Crippen LogP contribution >= 0.6 is 0 Å². The molecule has 4 nitrogen and oxygen atoms in total. The third-order valence-electron chi connectivity index (χ3n) is 3.99. The Labute approximate surface area is 156 Å². The van der Waals surface area contributed by atoms with E-state index in [-0.39, 0.29) is 11.4 Å². The normalized spacial score (nSPS) is 10.7. The van der Waals surface area contributed by atoms with E-state index in [1.54, 1.807) is 31.4 Å². The summed E-state index contributed by atoms with van der Waals surface area (Å²) in [6, 6.07) is 18.3. The van der Waals surface area contributed by atoms with Crippen molar-refractivity contribution in [2.24, 2.45) is 0 Å². The standard InChI is InChI=1S/C22H18FNO3/c1-27-21-5-3-2-4-16(21)8-6-15-7-13-19(22(25)26)20(14-15)24-18-11-9-17(23)10-12-18/h2-14,24H,1H3,(H,25,26)/b8-6+. The molecule has 0 aromatic heterocycles. The van der Waals surface area contributed by atoms with Gasteiger partial charge in [0.05, 0.1) is 18.4 Å². The van der Waals surface area contributed by atoms with Crippen LogP contribution < -0.4 is 10.1 Å². The molecule has 0 bridgehead atoms. The van der Waals surface area contributed by atoms with Crippen LogP contribution in [0.15, 0.2) is 66.7 Å². The minimum absolute atomic E-state index is 0.133. The van der Waals surface area contributed by atoms with Gasteiger partial charge in [-0.1, -0.05) is 36.4 Å². The van der Waals surface area contributed by atoms with Crippen LogP contribution in [0.3, 0.4) is 0 Å². The van der Waals surface area contributed by atoms with Crippen LogP contribution in [-0.2, 0) is 0 Å². The average molecular weight is 363 g/mol. The number of carbonyl (C=O) groups is 1. The summed E-state index contributed by atoms with van der Waals surface area (Å²) in [6.07, 6.45) is 3.77. The molecule has 0 heterocycles. The van der Waals surface area contributed by atoms with E-state index < -0.39 is 5.97 Å². The molecule has 27 heavy (non-hydrogen) atoms. The van der Waals surface area contributed by atoms with Crippen LogP contribution in [-0.4, -0.2) is 18.2 Å². The Kier molecular flexibility index (Phi) is 5.52. The van der Waals surface area contributed by atoms with Gasteiger partial charge >= 0.3 is 5.97 Å². The van der Waals surface area contributed by atoms with Crippen LogP contribution in [0.25, 0.3) is 12.2 Å². The zero-order valence-corrected chi connectivity index (χ0v) is 14.6. The fraction of sp³-hybridized carbons (Fsp3) is 0.0455. The number of methoxy groups -OCH3 is 1. The average Bonchev–Trinajstić information content (AvgIpc) is 2.68. The first-order valence-corrected chi connectivity index (χ1v) is 8.28. The van der Waals surface area contributed by atoms with Gasteiger partial charge in [0, 0.05) is 11.3 Å². The summed E-state index contributed by atoms with van der Waals surface area (Å²) < 4.78 is 18.4. The number of anilines is 2. The molecule has 3 aromatic rings. The molecule has 0 aliphatic carbocycles. The van der Waals surface area contributed by atoms with Crippen LogP contribution in [0.2, 0.25) is 0 Å². The lowest BCUT2D eigenvalue weighted by molar-refractivity contribution is 0.0698. The Hall–Kier alpha value is -3.60. The third kappa shape index (κ3) is 4.52. The number of nitrogens with one attached hydrogen (secondary N) is 1. The number of hydrogen-bond donors (Lipinski definition) is 2. The highest BCUT2D eigenvalue weighted by Gasteiger charge is 2.11. The minimum Gasteiger partial charge on any atom is -0.496 e. The maximum Gasteiger partial charge on any atom is 0.337 e.